The van der Waals surface area contributed by atoms with E-state index in [1.807, 2.05) is 48.2 Å². The zero-order chi connectivity index (χ0) is 27.2. The molecular formula is C27H34N6O4S. The number of nitrogens with zero attached hydrogens (tertiary/aromatic N) is 1. The topological polar surface area (TPSA) is 132 Å². The lowest BCUT2D eigenvalue weighted by Gasteiger charge is -2.23. The summed E-state index contributed by atoms with van der Waals surface area (Å²) in [5.41, 5.74) is 2.34. The number of benzene rings is 3. The van der Waals surface area contributed by atoms with E-state index < -0.39 is 10.0 Å². The number of nitrogens with one attached hydrogen (secondary N) is 5. The van der Waals surface area contributed by atoms with Crippen LogP contribution in [0.1, 0.15) is 5.56 Å². The van der Waals surface area contributed by atoms with Crippen molar-refractivity contribution in [3.05, 3.63) is 90.5 Å². The molecule has 4 amide bonds. The number of carbonyl (C=O) groups excluding carboxylic acids is 2. The maximum absolute atomic E-state index is 12.6. The van der Waals surface area contributed by atoms with Gasteiger partial charge in [-0.2, -0.15) is 0 Å². The number of amides is 4. The molecule has 0 unspecified atom stereocenters. The molecule has 3 rings (SSSR count). The van der Waals surface area contributed by atoms with Crippen LogP contribution in [0.15, 0.2) is 89.8 Å². The van der Waals surface area contributed by atoms with E-state index in [4.69, 9.17) is 0 Å². The summed E-state index contributed by atoms with van der Waals surface area (Å²) in [5, 5.41) is 11.1. The summed E-state index contributed by atoms with van der Waals surface area (Å²) < 4.78 is 27.9. The van der Waals surface area contributed by atoms with Crippen molar-refractivity contribution in [1.82, 2.24) is 20.3 Å². The van der Waals surface area contributed by atoms with Crippen LogP contribution in [-0.4, -0.2) is 64.6 Å². The second kappa shape index (κ2) is 14.7. The Labute approximate surface area is 223 Å². The summed E-state index contributed by atoms with van der Waals surface area (Å²) in [7, 11) is -3.65. The van der Waals surface area contributed by atoms with Crippen LogP contribution < -0.4 is 26.0 Å². The smallest absolute Gasteiger partial charge is 0.319 e. The molecule has 0 atom stereocenters. The van der Waals surface area contributed by atoms with Crippen LogP contribution >= 0.6 is 0 Å². The third kappa shape index (κ3) is 10.2. The number of hydrogen-bond acceptors (Lipinski definition) is 5. The molecule has 0 spiro atoms. The predicted octanol–water partition coefficient (Wildman–Crippen LogP) is 3.22. The third-order valence-electron chi connectivity index (χ3n) is 5.54. The number of sulfonamides is 1. The largest absolute Gasteiger partial charge is 0.337 e. The first-order valence-corrected chi connectivity index (χ1v) is 13.8. The molecule has 3 aromatic carbocycles. The first kappa shape index (κ1) is 28.6. The second-order valence-corrected chi connectivity index (χ2v) is 10.3. The van der Waals surface area contributed by atoms with Crippen molar-refractivity contribution in [1.29, 1.82) is 0 Å². The molecule has 0 aliphatic rings. The highest BCUT2D eigenvalue weighted by atomic mass is 32.2. The fourth-order valence-electron chi connectivity index (χ4n) is 3.52. The van der Waals surface area contributed by atoms with Crippen LogP contribution in [0.3, 0.4) is 0 Å². The Hall–Kier alpha value is -3.93. The van der Waals surface area contributed by atoms with E-state index in [2.05, 4.69) is 26.0 Å². The van der Waals surface area contributed by atoms with Crippen molar-refractivity contribution >= 4 is 33.5 Å². The van der Waals surface area contributed by atoms with Crippen molar-refractivity contribution in [3.63, 3.8) is 0 Å². The minimum Gasteiger partial charge on any atom is -0.337 e. The van der Waals surface area contributed by atoms with E-state index in [0.29, 0.717) is 44.1 Å². The van der Waals surface area contributed by atoms with Crippen LogP contribution in [0.4, 0.5) is 21.0 Å². The Morgan fingerprint density at radius 3 is 1.58 bits per heavy atom. The van der Waals surface area contributed by atoms with Crippen molar-refractivity contribution in [2.75, 3.05) is 49.9 Å². The molecule has 10 nitrogen and oxygen atoms in total. The summed E-state index contributed by atoms with van der Waals surface area (Å²) in [6, 6.07) is 24.2. The highest BCUT2D eigenvalue weighted by molar-refractivity contribution is 7.89. The Morgan fingerprint density at radius 1 is 0.658 bits per heavy atom. The maximum Gasteiger partial charge on any atom is 0.319 e. The number of hydrogen-bond donors (Lipinski definition) is 5. The van der Waals surface area contributed by atoms with Gasteiger partial charge in [-0.1, -0.05) is 54.1 Å². The third-order valence-corrected chi connectivity index (χ3v) is 7.02. The van der Waals surface area contributed by atoms with Gasteiger partial charge in [0.05, 0.1) is 4.90 Å². The average Bonchev–Trinajstić information content (AvgIpc) is 2.90. The van der Waals surface area contributed by atoms with Crippen molar-refractivity contribution in [3.8, 4) is 0 Å². The number of para-hydroxylation sites is 2. The highest BCUT2D eigenvalue weighted by Gasteiger charge is 2.14. The van der Waals surface area contributed by atoms with E-state index in [0.717, 1.165) is 5.56 Å². The first-order valence-electron chi connectivity index (χ1n) is 12.3. The molecule has 0 saturated heterocycles. The molecule has 0 heterocycles. The van der Waals surface area contributed by atoms with Gasteiger partial charge < -0.3 is 21.3 Å². The number of anilines is 2. The zero-order valence-electron chi connectivity index (χ0n) is 21.3. The number of rotatable bonds is 13. The minimum atomic E-state index is -3.65. The van der Waals surface area contributed by atoms with Gasteiger partial charge >= 0.3 is 12.1 Å². The molecule has 0 aliphatic heterocycles. The molecule has 5 N–H and O–H groups in total. The minimum absolute atomic E-state index is 0.169. The lowest BCUT2D eigenvalue weighted by molar-refractivity contribution is 0.241. The van der Waals surface area contributed by atoms with Gasteiger partial charge in [-0.05, 0) is 43.3 Å². The molecule has 202 valence electrons. The summed E-state index contributed by atoms with van der Waals surface area (Å²) in [4.78, 5) is 26.6. The van der Waals surface area contributed by atoms with Crippen molar-refractivity contribution < 1.29 is 18.0 Å². The molecule has 38 heavy (non-hydrogen) atoms. The van der Waals surface area contributed by atoms with Crippen LogP contribution in [-0.2, 0) is 10.0 Å². The summed E-state index contributed by atoms with van der Waals surface area (Å²) >= 11 is 0. The SMILES string of the molecule is Cc1ccc(S(=O)(=O)NCCN(CCNC(=O)Nc2ccccc2)CCNC(=O)Nc2ccccc2)cc1. The normalized spacial score (nSPS) is 11.1. The Morgan fingerprint density at radius 2 is 1.11 bits per heavy atom. The molecule has 0 aliphatic carbocycles. The monoisotopic (exact) mass is 538 g/mol. The lowest BCUT2D eigenvalue weighted by Crippen LogP contribution is -2.44. The van der Waals surface area contributed by atoms with Gasteiger partial charge in [0.25, 0.3) is 0 Å². The van der Waals surface area contributed by atoms with Gasteiger partial charge in [-0.25, -0.2) is 22.7 Å². The van der Waals surface area contributed by atoms with Crippen LogP contribution in [0.25, 0.3) is 0 Å². The van der Waals surface area contributed by atoms with E-state index in [1.165, 1.54) is 0 Å². The molecule has 3 aromatic rings. The van der Waals surface area contributed by atoms with E-state index in [-0.39, 0.29) is 23.5 Å². The quantitative estimate of drug-likeness (QED) is 0.228. The summed E-state index contributed by atoms with van der Waals surface area (Å²) in [6.07, 6.45) is 0. The number of urea groups is 2. The van der Waals surface area contributed by atoms with Crippen molar-refractivity contribution in [2.45, 2.75) is 11.8 Å². The molecule has 0 radical (unpaired) electrons. The van der Waals surface area contributed by atoms with Gasteiger partial charge in [0, 0.05) is 50.6 Å². The van der Waals surface area contributed by atoms with Crippen LogP contribution in [0.2, 0.25) is 0 Å². The standard InChI is InChI=1S/C27H34N6O4S/c1-22-12-14-25(15-13-22)38(36,37)30-18-21-33(19-16-28-26(34)31-23-8-4-2-5-9-23)20-17-29-27(35)32-24-10-6-3-7-11-24/h2-15,30H,16-21H2,1H3,(H2,28,31,34)(H2,29,32,35). The van der Waals surface area contributed by atoms with Gasteiger partial charge in [0.2, 0.25) is 10.0 Å². The molecule has 0 aromatic heterocycles. The maximum atomic E-state index is 12.6. The van der Waals surface area contributed by atoms with E-state index in [9.17, 15) is 18.0 Å². The lowest BCUT2D eigenvalue weighted by atomic mass is 10.2. The average molecular weight is 539 g/mol. The van der Waals surface area contributed by atoms with Gasteiger partial charge in [-0.3, -0.25) is 4.90 Å². The Balaban J connectivity index is 1.48. The predicted molar refractivity (Wildman–Crippen MR) is 150 cm³/mol. The molecule has 11 heteroatoms. The Kier molecular flexibility index (Phi) is 11.1. The fraction of sp³-hybridized carbons (Fsp3) is 0.259. The summed E-state index contributed by atoms with van der Waals surface area (Å²) in [5.74, 6) is 0. The van der Waals surface area contributed by atoms with E-state index in [1.54, 1.807) is 48.5 Å². The highest BCUT2D eigenvalue weighted by Crippen LogP contribution is 2.09. The second-order valence-electron chi connectivity index (χ2n) is 8.55. The molecule has 0 fully saturated rings. The van der Waals surface area contributed by atoms with Gasteiger partial charge in [0.15, 0.2) is 0 Å². The number of aryl methyl sites for hydroxylation is 1. The van der Waals surface area contributed by atoms with Crippen LogP contribution in [0.5, 0.6) is 0 Å². The first-order chi connectivity index (χ1) is 18.3. The van der Waals surface area contributed by atoms with E-state index >= 15 is 0 Å². The summed E-state index contributed by atoms with van der Waals surface area (Å²) in [6.45, 7) is 4.02. The Bertz CT molecular complexity index is 1200. The molecule has 0 bridgehead atoms. The van der Waals surface area contributed by atoms with Crippen molar-refractivity contribution in [2.24, 2.45) is 0 Å². The van der Waals surface area contributed by atoms with Gasteiger partial charge in [-0.15, -0.1) is 0 Å². The molecule has 0 saturated carbocycles. The molecular weight excluding hydrogens is 504 g/mol. The van der Waals surface area contributed by atoms with Crippen LogP contribution in [0, 0.1) is 6.92 Å². The number of carbonyl (C=O) groups is 2. The van der Waals surface area contributed by atoms with Gasteiger partial charge in [0.1, 0.15) is 0 Å². The zero-order valence-corrected chi connectivity index (χ0v) is 22.1. The fourth-order valence-corrected chi connectivity index (χ4v) is 4.54.